The molecule has 1 aromatic heterocycles. The Morgan fingerprint density at radius 3 is 2.75 bits per heavy atom. The summed E-state index contributed by atoms with van der Waals surface area (Å²) in [4.78, 5) is 4.14. The summed E-state index contributed by atoms with van der Waals surface area (Å²) in [5.41, 5.74) is 1.53. The number of aromatic nitrogens is 1. The molecule has 88 valence electrons. The molecule has 1 fully saturated rings. The zero-order chi connectivity index (χ0) is 11.4. The topological polar surface area (TPSA) is 24.9 Å². The standard InChI is InChI=1S/C14H22N2/c1-14(2,13-7-3-4-8-13)16-11-12-6-5-9-15-10-12/h5-6,9-10,13,16H,3-4,7-8,11H2,1-2H3. The van der Waals surface area contributed by atoms with Crippen molar-refractivity contribution in [3.05, 3.63) is 30.1 Å². The minimum atomic E-state index is 0.256. The van der Waals surface area contributed by atoms with E-state index in [0.717, 1.165) is 12.5 Å². The van der Waals surface area contributed by atoms with Gasteiger partial charge in [-0.2, -0.15) is 0 Å². The zero-order valence-electron chi connectivity index (χ0n) is 10.4. The molecule has 0 aliphatic heterocycles. The monoisotopic (exact) mass is 218 g/mol. The predicted molar refractivity (Wildman–Crippen MR) is 67.1 cm³/mol. The van der Waals surface area contributed by atoms with Gasteiger partial charge in [-0.05, 0) is 44.2 Å². The van der Waals surface area contributed by atoms with Crippen LogP contribution in [0.15, 0.2) is 24.5 Å². The maximum atomic E-state index is 4.14. The van der Waals surface area contributed by atoms with Crippen molar-refractivity contribution in [2.24, 2.45) is 5.92 Å². The molecule has 1 aliphatic rings. The second kappa shape index (κ2) is 4.96. The third kappa shape index (κ3) is 2.82. The van der Waals surface area contributed by atoms with E-state index in [2.05, 4.69) is 30.2 Å². The van der Waals surface area contributed by atoms with Crippen LogP contribution in [0, 0.1) is 5.92 Å². The Bertz CT molecular complexity index is 313. The molecule has 0 spiro atoms. The summed E-state index contributed by atoms with van der Waals surface area (Å²) in [6.07, 6.45) is 9.34. The third-order valence-electron chi connectivity index (χ3n) is 3.85. The van der Waals surface area contributed by atoms with Gasteiger partial charge >= 0.3 is 0 Å². The normalized spacial score (nSPS) is 17.9. The number of nitrogens with zero attached hydrogens (tertiary/aromatic N) is 1. The lowest BCUT2D eigenvalue weighted by Gasteiger charge is -2.33. The molecule has 1 aliphatic carbocycles. The van der Waals surface area contributed by atoms with Crippen molar-refractivity contribution < 1.29 is 0 Å². The van der Waals surface area contributed by atoms with Gasteiger partial charge in [0.15, 0.2) is 0 Å². The van der Waals surface area contributed by atoms with Crippen LogP contribution in [0.4, 0.5) is 0 Å². The first-order chi connectivity index (χ1) is 7.68. The highest BCUT2D eigenvalue weighted by Crippen LogP contribution is 2.33. The Kier molecular flexibility index (Phi) is 3.59. The fourth-order valence-electron chi connectivity index (χ4n) is 2.62. The number of hydrogen-bond acceptors (Lipinski definition) is 2. The molecular weight excluding hydrogens is 196 g/mol. The molecular formula is C14H22N2. The summed E-state index contributed by atoms with van der Waals surface area (Å²) >= 11 is 0. The SMILES string of the molecule is CC(C)(NCc1cccnc1)C1CCCC1. The van der Waals surface area contributed by atoms with Crippen molar-refractivity contribution in [3.63, 3.8) is 0 Å². The number of nitrogens with one attached hydrogen (secondary N) is 1. The summed E-state index contributed by atoms with van der Waals surface area (Å²) < 4.78 is 0. The average Bonchev–Trinajstić information content (AvgIpc) is 2.82. The Morgan fingerprint density at radius 2 is 2.12 bits per heavy atom. The fraction of sp³-hybridized carbons (Fsp3) is 0.643. The molecule has 0 amide bonds. The summed E-state index contributed by atoms with van der Waals surface area (Å²) in [6.45, 7) is 5.59. The molecule has 1 N–H and O–H groups in total. The molecule has 1 aromatic rings. The lowest BCUT2D eigenvalue weighted by Crippen LogP contribution is -2.44. The van der Waals surface area contributed by atoms with Gasteiger partial charge in [-0.3, -0.25) is 4.98 Å². The molecule has 2 nitrogen and oxygen atoms in total. The number of hydrogen-bond donors (Lipinski definition) is 1. The van der Waals surface area contributed by atoms with Crippen LogP contribution in [0.1, 0.15) is 45.1 Å². The van der Waals surface area contributed by atoms with Gasteiger partial charge in [-0.25, -0.2) is 0 Å². The molecule has 0 atom stereocenters. The van der Waals surface area contributed by atoms with E-state index in [-0.39, 0.29) is 5.54 Å². The van der Waals surface area contributed by atoms with Crippen LogP contribution in [0.2, 0.25) is 0 Å². The predicted octanol–water partition coefficient (Wildman–Crippen LogP) is 3.14. The summed E-state index contributed by atoms with van der Waals surface area (Å²) in [6, 6.07) is 4.13. The second-order valence-electron chi connectivity index (χ2n) is 5.42. The Labute approximate surface area is 98.5 Å². The first-order valence-electron chi connectivity index (χ1n) is 6.32. The van der Waals surface area contributed by atoms with Crippen LogP contribution in [0.3, 0.4) is 0 Å². The van der Waals surface area contributed by atoms with Crippen LogP contribution in [-0.4, -0.2) is 10.5 Å². The minimum Gasteiger partial charge on any atom is -0.307 e. The van der Waals surface area contributed by atoms with Crippen molar-refractivity contribution in [1.29, 1.82) is 0 Å². The highest BCUT2D eigenvalue weighted by Gasteiger charge is 2.30. The number of pyridine rings is 1. The van der Waals surface area contributed by atoms with Gasteiger partial charge in [0.05, 0.1) is 0 Å². The van der Waals surface area contributed by atoms with Gasteiger partial charge in [0, 0.05) is 24.5 Å². The Balaban J connectivity index is 1.89. The molecule has 16 heavy (non-hydrogen) atoms. The molecule has 1 heterocycles. The van der Waals surface area contributed by atoms with Gasteiger partial charge < -0.3 is 5.32 Å². The maximum Gasteiger partial charge on any atom is 0.0312 e. The molecule has 2 heteroatoms. The highest BCUT2D eigenvalue weighted by atomic mass is 15.0. The molecule has 0 aromatic carbocycles. The van der Waals surface area contributed by atoms with Crippen LogP contribution in [-0.2, 0) is 6.54 Å². The van der Waals surface area contributed by atoms with E-state index in [1.54, 1.807) is 0 Å². The first-order valence-corrected chi connectivity index (χ1v) is 6.32. The van der Waals surface area contributed by atoms with Gasteiger partial charge in [0.1, 0.15) is 0 Å². The van der Waals surface area contributed by atoms with Crippen molar-refractivity contribution in [2.45, 2.75) is 51.6 Å². The molecule has 0 unspecified atom stereocenters. The third-order valence-corrected chi connectivity index (χ3v) is 3.85. The van der Waals surface area contributed by atoms with Crippen LogP contribution in [0.25, 0.3) is 0 Å². The van der Waals surface area contributed by atoms with Gasteiger partial charge in [-0.1, -0.05) is 18.9 Å². The van der Waals surface area contributed by atoms with E-state index in [0.29, 0.717) is 0 Å². The quantitative estimate of drug-likeness (QED) is 0.839. The largest absolute Gasteiger partial charge is 0.307 e. The molecule has 0 radical (unpaired) electrons. The summed E-state index contributed by atoms with van der Waals surface area (Å²) in [5, 5.41) is 3.68. The fourth-order valence-corrected chi connectivity index (χ4v) is 2.62. The Hall–Kier alpha value is -0.890. The summed E-state index contributed by atoms with van der Waals surface area (Å²) in [7, 11) is 0. The maximum absolute atomic E-state index is 4.14. The Morgan fingerprint density at radius 1 is 1.38 bits per heavy atom. The van der Waals surface area contributed by atoms with Gasteiger partial charge in [-0.15, -0.1) is 0 Å². The van der Waals surface area contributed by atoms with Crippen molar-refractivity contribution in [2.75, 3.05) is 0 Å². The zero-order valence-corrected chi connectivity index (χ0v) is 10.4. The van der Waals surface area contributed by atoms with E-state index in [1.807, 2.05) is 18.5 Å². The van der Waals surface area contributed by atoms with Crippen LogP contribution >= 0.6 is 0 Å². The second-order valence-corrected chi connectivity index (χ2v) is 5.42. The van der Waals surface area contributed by atoms with Gasteiger partial charge in [0.2, 0.25) is 0 Å². The van der Waals surface area contributed by atoms with E-state index in [4.69, 9.17) is 0 Å². The molecule has 0 bridgehead atoms. The molecule has 2 rings (SSSR count). The van der Waals surface area contributed by atoms with Crippen molar-refractivity contribution >= 4 is 0 Å². The van der Waals surface area contributed by atoms with Crippen LogP contribution in [0.5, 0.6) is 0 Å². The van der Waals surface area contributed by atoms with Gasteiger partial charge in [0.25, 0.3) is 0 Å². The molecule has 1 saturated carbocycles. The lowest BCUT2D eigenvalue weighted by atomic mass is 9.86. The van der Waals surface area contributed by atoms with E-state index >= 15 is 0 Å². The van der Waals surface area contributed by atoms with Crippen molar-refractivity contribution in [3.8, 4) is 0 Å². The molecule has 0 saturated heterocycles. The lowest BCUT2D eigenvalue weighted by molar-refractivity contribution is 0.254. The van der Waals surface area contributed by atoms with E-state index in [9.17, 15) is 0 Å². The minimum absolute atomic E-state index is 0.256. The van der Waals surface area contributed by atoms with E-state index in [1.165, 1.54) is 31.2 Å². The smallest absolute Gasteiger partial charge is 0.0312 e. The van der Waals surface area contributed by atoms with Crippen molar-refractivity contribution in [1.82, 2.24) is 10.3 Å². The van der Waals surface area contributed by atoms with Crippen LogP contribution < -0.4 is 5.32 Å². The highest BCUT2D eigenvalue weighted by molar-refractivity contribution is 5.08. The number of rotatable bonds is 4. The summed E-state index contributed by atoms with van der Waals surface area (Å²) in [5.74, 6) is 0.837. The average molecular weight is 218 g/mol. The van der Waals surface area contributed by atoms with E-state index < -0.39 is 0 Å². The first kappa shape index (κ1) is 11.6.